The van der Waals surface area contributed by atoms with Gasteiger partial charge >= 0.3 is 5.97 Å². The van der Waals surface area contributed by atoms with Crippen LogP contribution in [0.2, 0.25) is 0 Å². The lowest BCUT2D eigenvalue weighted by Crippen LogP contribution is -2.23. The topological polar surface area (TPSA) is 52.3 Å². The summed E-state index contributed by atoms with van der Waals surface area (Å²) in [5.74, 6) is -0.221. The van der Waals surface area contributed by atoms with Crippen molar-refractivity contribution < 1.29 is 9.53 Å². The second-order valence-electron chi connectivity index (χ2n) is 2.33. The number of ether oxygens (including phenoxy) is 1. The van der Waals surface area contributed by atoms with Crippen molar-refractivity contribution in [1.82, 2.24) is 0 Å². The molecule has 0 spiro atoms. The number of rotatable bonds is 4. The zero-order valence-corrected chi connectivity index (χ0v) is 6.59. The first kappa shape index (κ1) is 9.43. The van der Waals surface area contributed by atoms with Gasteiger partial charge in [0.15, 0.2) is 0 Å². The minimum Gasteiger partial charge on any atom is -0.469 e. The first-order chi connectivity index (χ1) is 4.70. The molecule has 1 atom stereocenters. The van der Waals surface area contributed by atoms with Crippen molar-refractivity contribution in [2.24, 2.45) is 5.73 Å². The van der Waals surface area contributed by atoms with E-state index >= 15 is 0 Å². The van der Waals surface area contributed by atoms with E-state index in [1.807, 2.05) is 6.92 Å². The molecule has 3 heteroatoms. The molecule has 0 saturated heterocycles. The van der Waals surface area contributed by atoms with Crippen molar-refractivity contribution in [3.63, 3.8) is 0 Å². The van der Waals surface area contributed by atoms with Gasteiger partial charge in [0, 0.05) is 6.04 Å². The number of carbonyl (C=O) groups excluding carboxylic acids is 1. The van der Waals surface area contributed by atoms with Gasteiger partial charge < -0.3 is 10.5 Å². The van der Waals surface area contributed by atoms with Crippen LogP contribution < -0.4 is 5.73 Å². The summed E-state index contributed by atoms with van der Waals surface area (Å²) in [4.78, 5) is 10.6. The number of esters is 1. The van der Waals surface area contributed by atoms with Gasteiger partial charge in [-0.15, -0.1) is 0 Å². The smallest absolute Gasteiger partial charge is 0.307 e. The van der Waals surface area contributed by atoms with Gasteiger partial charge in [0.1, 0.15) is 0 Å². The molecule has 0 aliphatic rings. The van der Waals surface area contributed by atoms with Gasteiger partial charge in [0.2, 0.25) is 0 Å². The maximum Gasteiger partial charge on any atom is 0.307 e. The highest BCUT2D eigenvalue weighted by molar-refractivity contribution is 5.69. The third-order valence-electron chi connectivity index (χ3n) is 1.32. The Morgan fingerprint density at radius 1 is 1.70 bits per heavy atom. The Kier molecular flexibility index (Phi) is 4.94. The molecule has 1 unspecified atom stereocenters. The molecule has 0 aromatic rings. The molecule has 0 saturated carbocycles. The Labute approximate surface area is 61.5 Å². The lowest BCUT2D eigenvalue weighted by atomic mass is 10.1. The van der Waals surface area contributed by atoms with Crippen LogP contribution in [0.4, 0.5) is 0 Å². The number of carbonyl (C=O) groups is 1. The first-order valence-electron chi connectivity index (χ1n) is 3.53. The average Bonchev–Trinajstić information content (AvgIpc) is 1.88. The van der Waals surface area contributed by atoms with Crippen LogP contribution in [0.3, 0.4) is 0 Å². The highest BCUT2D eigenvalue weighted by Gasteiger charge is 2.07. The van der Waals surface area contributed by atoms with Crippen molar-refractivity contribution in [3.8, 4) is 0 Å². The second-order valence-corrected chi connectivity index (χ2v) is 2.33. The maximum atomic E-state index is 10.6. The minimum atomic E-state index is -0.221. The largest absolute Gasteiger partial charge is 0.469 e. The number of hydrogen-bond donors (Lipinski definition) is 1. The lowest BCUT2D eigenvalue weighted by molar-refractivity contribution is -0.141. The molecule has 3 nitrogen and oxygen atoms in total. The van der Waals surface area contributed by atoms with Crippen LogP contribution in [-0.4, -0.2) is 19.1 Å². The fourth-order valence-corrected chi connectivity index (χ4v) is 0.770. The zero-order chi connectivity index (χ0) is 7.98. The lowest BCUT2D eigenvalue weighted by Gasteiger charge is -2.06. The van der Waals surface area contributed by atoms with Crippen molar-refractivity contribution >= 4 is 5.97 Å². The molecular formula is C7H15NO2. The van der Waals surface area contributed by atoms with Crippen molar-refractivity contribution in [1.29, 1.82) is 0 Å². The summed E-state index contributed by atoms with van der Waals surface area (Å²) >= 11 is 0. The Hall–Kier alpha value is -0.570. The molecule has 0 rings (SSSR count). The van der Waals surface area contributed by atoms with Crippen LogP contribution in [0.1, 0.15) is 26.2 Å². The van der Waals surface area contributed by atoms with Crippen molar-refractivity contribution in [3.05, 3.63) is 0 Å². The predicted octanol–water partition coefficient (Wildman–Crippen LogP) is 0.677. The van der Waals surface area contributed by atoms with Crippen molar-refractivity contribution in [2.75, 3.05) is 7.11 Å². The van der Waals surface area contributed by atoms with Gasteiger partial charge in [-0.25, -0.2) is 0 Å². The highest BCUT2D eigenvalue weighted by atomic mass is 16.5. The van der Waals surface area contributed by atoms with Gasteiger partial charge in [-0.3, -0.25) is 4.79 Å². The third kappa shape index (κ3) is 4.32. The highest BCUT2D eigenvalue weighted by Crippen LogP contribution is 1.98. The summed E-state index contributed by atoms with van der Waals surface area (Å²) in [7, 11) is 1.38. The van der Waals surface area contributed by atoms with Crippen LogP contribution in [0.15, 0.2) is 0 Å². The molecule has 0 heterocycles. The standard InChI is InChI=1S/C7H15NO2/c1-3-4-6(8)5-7(9)10-2/h6H,3-5,8H2,1-2H3. The average molecular weight is 145 g/mol. The molecular weight excluding hydrogens is 130 g/mol. The molecule has 60 valence electrons. The molecule has 0 amide bonds. The van der Waals surface area contributed by atoms with E-state index in [0.29, 0.717) is 6.42 Å². The fourth-order valence-electron chi connectivity index (χ4n) is 0.770. The van der Waals surface area contributed by atoms with E-state index in [-0.39, 0.29) is 12.0 Å². The van der Waals surface area contributed by atoms with E-state index in [9.17, 15) is 4.79 Å². The quantitative estimate of drug-likeness (QED) is 0.592. The summed E-state index contributed by atoms with van der Waals surface area (Å²) < 4.78 is 4.45. The van der Waals surface area contributed by atoms with Crippen LogP contribution in [-0.2, 0) is 9.53 Å². The maximum absolute atomic E-state index is 10.6. The Morgan fingerprint density at radius 2 is 2.30 bits per heavy atom. The SMILES string of the molecule is CCCC(N)CC(=O)OC. The van der Waals surface area contributed by atoms with Gasteiger partial charge in [-0.2, -0.15) is 0 Å². The van der Waals surface area contributed by atoms with E-state index in [2.05, 4.69) is 4.74 Å². The van der Waals surface area contributed by atoms with Crippen LogP contribution in [0.5, 0.6) is 0 Å². The van der Waals surface area contributed by atoms with Crippen LogP contribution in [0.25, 0.3) is 0 Å². The molecule has 0 bridgehead atoms. The summed E-state index contributed by atoms with van der Waals surface area (Å²) in [6.45, 7) is 2.04. The Bertz CT molecular complexity index is 104. The molecule has 2 N–H and O–H groups in total. The normalized spacial score (nSPS) is 12.7. The minimum absolute atomic E-state index is 0.0301. The third-order valence-corrected chi connectivity index (χ3v) is 1.32. The van der Waals surface area contributed by atoms with E-state index in [0.717, 1.165) is 12.8 Å². The van der Waals surface area contributed by atoms with Crippen LogP contribution in [0, 0.1) is 0 Å². The van der Waals surface area contributed by atoms with E-state index < -0.39 is 0 Å². The van der Waals surface area contributed by atoms with Crippen molar-refractivity contribution in [2.45, 2.75) is 32.2 Å². The molecule has 10 heavy (non-hydrogen) atoms. The van der Waals surface area contributed by atoms with E-state index in [1.54, 1.807) is 0 Å². The monoisotopic (exact) mass is 145 g/mol. The Morgan fingerprint density at radius 3 is 2.70 bits per heavy atom. The molecule has 0 fully saturated rings. The number of nitrogens with two attached hydrogens (primary N) is 1. The number of hydrogen-bond acceptors (Lipinski definition) is 3. The molecule has 0 radical (unpaired) electrons. The molecule has 0 aromatic heterocycles. The Balaban J connectivity index is 3.37. The summed E-state index contributed by atoms with van der Waals surface area (Å²) in [5, 5.41) is 0. The summed E-state index contributed by atoms with van der Waals surface area (Å²) in [5.41, 5.74) is 5.56. The predicted molar refractivity (Wildman–Crippen MR) is 39.5 cm³/mol. The molecule has 0 aliphatic carbocycles. The summed E-state index contributed by atoms with van der Waals surface area (Å²) in [6, 6.07) is -0.0301. The first-order valence-corrected chi connectivity index (χ1v) is 3.53. The van der Waals surface area contributed by atoms with Gasteiger partial charge in [-0.05, 0) is 6.42 Å². The van der Waals surface area contributed by atoms with Gasteiger partial charge in [-0.1, -0.05) is 13.3 Å². The molecule has 0 aliphatic heterocycles. The second kappa shape index (κ2) is 5.23. The zero-order valence-electron chi connectivity index (χ0n) is 6.59. The molecule has 0 aromatic carbocycles. The van der Waals surface area contributed by atoms with E-state index in [1.165, 1.54) is 7.11 Å². The van der Waals surface area contributed by atoms with Gasteiger partial charge in [0.05, 0.1) is 13.5 Å². The van der Waals surface area contributed by atoms with E-state index in [4.69, 9.17) is 5.73 Å². The number of methoxy groups -OCH3 is 1. The van der Waals surface area contributed by atoms with Crippen LogP contribution >= 0.6 is 0 Å². The van der Waals surface area contributed by atoms with Gasteiger partial charge in [0.25, 0.3) is 0 Å². The fraction of sp³-hybridized carbons (Fsp3) is 0.857. The summed E-state index contributed by atoms with van der Waals surface area (Å²) in [6.07, 6.45) is 2.23.